The van der Waals surface area contributed by atoms with E-state index in [0.717, 1.165) is 4.57 Å². The predicted molar refractivity (Wildman–Crippen MR) is 102 cm³/mol. The maximum absolute atomic E-state index is 13.6. The van der Waals surface area contributed by atoms with Crippen molar-refractivity contribution in [3.8, 4) is 0 Å². The van der Waals surface area contributed by atoms with Crippen LogP contribution < -0.4 is 11.1 Å². The topological polar surface area (TPSA) is 78.7 Å². The van der Waals surface area contributed by atoms with Gasteiger partial charge in [0.25, 0.3) is 0 Å². The Balaban J connectivity index is 2.76. The first-order valence-electron chi connectivity index (χ1n) is 8.77. The van der Waals surface area contributed by atoms with Gasteiger partial charge in [-0.15, -0.1) is 0 Å². The summed E-state index contributed by atoms with van der Waals surface area (Å²) in [6, 6.07) is 8.67. The van der Waals surface area contributed by atoms with Gasteiger partial charge in [0.05, 0.1) is 23.6 Å². The van der Waals surface area contributed by atoms with Crippen molar-refractivity contribution in [1.29, 1.82) is 5.41 Å². The molecule has 0 unspecified atom stereocenters. The molecule has 0 saturated heterocycles. The number of halogens is 3. The van der Waals surface area contributed by atoms with Crippen LogP contribution >= 0.6 is 0 Å². The summed E-state index contributed by atoms with van der Waals surface area (Å²) in [4.78, 5) is 26.8. The van der Waals surface area contributed by atoms with E-state index in [9.17, 15) is 22.8 Å². The van der Waals surface area contributed by atoms with Crippen molar-refractivity contribution in [3.63, 3.8) is 0 Å². The number of alkyl halides is 3. The Labute approximate surface area is 160 Å². The van der Waals surface area contributed by atoms with Crippen LogP contribution in [0.2, 0.25) is 0 Å². The Hall–Kier alpha value is -2.90. The molecule has 2 aromatic rings. The van der Waals surface area contributed by atoms with E-state index in [1.54, 1.807) is 37.3 Å². The monoisotopic (exact) mass is 393 g/mol. The minimum absolute atomic E-state index is 0.0268. The van der Waals surface area contributed by atoms with Crippen LogP contribution in [0, 0.1) is 5.41 Å². The molecule has 1 aromatic heterocycles. The minimum Gasteiger partial charge on any atom is -0.315 e. The first-order chi connectivity index (χ1) is 13.1. The van der Waals surface area contributed by atoms with Crippen molar-refractivity contribution >= 4 is 5.71 Å². The molecule has 0 aliphatic carbocycles. The highest BCUT2D eigenvalue weighted by atomic mass is 19.4. The lowest BCUT2D eigenvalue weighted by Crippen LogP contribution is -2.41. The van der Waals surface area contributed by atoms with Crippen LogP contribution in [-0.2, 0) is 13.0 Å². The summed E-state index contributed by atoms with van der Waals surface area (Å²) in [5.74, 6) is 0. The van der Waals surface area contributed by atoms with Crippen LogP contribution in [-0.4, -0.2) is 21.4 Å². The van der Waals surface area contributed by atoms with E-state index in [1.807, 2.05) is 0 Å². The van der Waals surface area contributed by atoms with Crippen LogP contribution in [0.25, 0.3) is 0 Å². The third-order valence-electron chi connectivity index (χ3n) is 4.58. The Bertz CT molecular complexity index is 1020. The molecule has 2 rings (SSSR count). The van der Waals surface area contributed by atoms with Gasteiger partial charge in [0.2, 0.25) is 0 Å². The average molecular weight is 393 g/mol. The third-order valence-corrected chi connectivity index (χ3v) is 4.58. The Kier molecular flexibility index (Phi) is 6.43. The highest BCUT2D eigenvalue weighted by molar-refractivity contribution is 5.95. The lowest BCUT2D eigenvalue weighted by molar-refractivity contribution is -0.0943. The molecule has 0 radical (unpaired) electrons. The molecule has 150 valence electrons. The lowest BCUT2D eigenvalue weighted by Gasteiger charge is -2.20. The molecule has 8 heteroatoms. The molecule has 2 N–H and O–H groups in total. The molecule has 0 spiro atoms. The fourth-order valence-electron chi connectivity index (χ4n) is 2.92. The number of aromatic amines is 1. The molecule has 5 nitrogen and oxygen atoms in total. The SMILES string of the molecule is CCC(C)=C(Cc1c(C(C)=N)[nH]c(=O)c(=O)n1Cc1ccccc1)C(F)(F)F. The van der Waals surface area contributed by atoms with Gasteiger partial charge >= 0.3 is 17.3 Å². The Morgan fingerprint density at radius 3 is 2.25 bits per heavy atom. The van der Waals surface area contributed by atoms with Crippen molar-refractivity contribution in [1.82, 2.24) is 9.55 Å². The van der Waals surface area contributed by atoms with E-state index < -0.39 is 29.3 Å². The zero-order valence-corrected chi connectivity index (χ0v) is 15.9. The van der Waals surface area contributed by atoms with Crippen molar-refractivity contribution in [2.45, 2.75) is 46.3 Å². The highest BCUT2D eigenvalue weighted by Crippen LogP contribution is 2.32. The van der Waals surface area contributed by atoms with Gasteiger partial charge in [-0.1, -0.05) is 42.8 Å². The van der Waals surface area contributed by atoms with E-state index in [0.29, 0.717) is 5.56 Å². The molecule has 0 aliphatic heterocycles. The summed E-state index contributed by atoms with van der Waals surface area (Å²) in [6.07, 6.45) is -5.00. The summed E-state index contributed by atoms with van der Waals surface area (Å²) in [6.45, 7) is 4.31. The van der Waals surface area contributed by atoms with Crippen molar-refractivity contribution in [2.24, 2.45) is 0 Å². The first-order valence-corrected chi connectivity index (χ1v) is 8.77. The van der Waals surface area contributed by atoms with Crippen molar-refractivity contribution < 1.29 is 13.2 Å². The molecule has 0 saturated carbocycles. The first kappa shape index (κ1) is 21.4. The number of aromatic nitrogens is 2. The fourth-order valence-corrected chi connectivity index (χ4v) is 2.92. The Morgan fingerprint density at radius 1 is 1.14 bits per heavy atom. The molecular weight excluding hydrogens is 371 g/mol. The van der Waals surface area contributed by atoms with Crippen molar-refractivity contribution in [2.75, 3.05) is 0 Å². The minimum atomic E-state index is -4.59. The van der Waals surface area contributed by atoms with E-state index >= 15 is 0 Å². The van der Waals surface area contributed by atoms with Gasteiger partial charge in [-0.05, 0) is 25.8 Å². The standard InChI is InChI=1S/C20H22F3N3O2/c1-4-12(2)15(20(21,22)23)10-16-17(13(3)24)25-18(27)19(28)26(16)11-14-8-6-5-7-9-14/h5-9,24H,4,10-11H2,1-3H3,(H,25,27). The molecule has 0 amide bonds. The maximum Gasteiger partial charge on any atom is 0.413 e. The van der Waals surface area contributed by atoms with E-state index in [1.165, 1.54) is 13.8 Å². The second kappa shape index (κ2) is 8.41. The van der Waals surface area contributed by atoms with Gasteiger partial charge in [-0.3, -0.25) is 9.59 Å². The van der Waals surface area contributed by atoms with Gasteiger partial charge in [0.15, 0.2) is 0 Å². The number of nitrogens with one attached hydrogen (secondary N) is 2. The molecule has 0 atom stereocenters. The second-order valence-electron chi connectivity index (χ2n) is 6.56. The number of H-pyrrole nitrogens is 1. The summed E-state index contributed by atoms with van der Waals surface area (Å²) in [5, 5.41) is 7.89. The molecule has 28 heavy (non-hydrogen) atoms. The van der Waals surface area contributed by atoms with Crippen LogP contribution in [0.5, 0.6) is 0 Å². The van der Waals surface area contributed by atoms with Crippen LogP contribution in [0.15, 0.2) is 51.1 Å². The summed E-state index contributed by atoms with van der Waals surface area (Å²) in [7, 11) is 0. The molecular formula is C20H22F3N3O2. The van der Waals surface area contributed by atoms with E-state index in [4.69, 9.17) is 5.41 Å². The molecule has 1 aromatic carbocycles. The average Bonchev–Trinajstić information content (AvgIpc) is 2.63. The molecule has 0 aliphatic rings. The van der Waals surface area contributed by atoms with Crippen LogP contribution in [0.4, 0.5) is 13.2 Å². The molecule has 0 fully saturated rings. The number of benzene rings is 1. The highest BCUT2D eigenvalue weighted by Gasteiger charge is 2.36. The van der Waals surface area contributed by atoms with Gasteiger partial charge in [-0.25, -0.2) is 0 Å². The fraction of sp³-hybridized carbons (Fsp3) is 0.350. The largest absolute Gasteiger partial charge is 0.413 e. The third kappa shape index (κ3) is 4.68. The molecule has 1 heterocycles. The number of nitrogens with zero attached hydrogens (tertiary/aromatic N) is 1. The van der Waals surface area contributed by atoms with E-state index in [-0.39, 0.29) is 35.6 Å². The number of hydrogen-bond acceptors (Lipinski definition) is 3. The zero-order valence-electron chi connectivity index (χ0n) is 15.9. The van der Waals surface area contributed by atoms with Gasteiger partial charge in [-0.2, -0.15) is 13.2 Å². The normalized spacial score (nSPS) is 12.6. The molecule has 0 bridgehead atoms. The number of allylic oxidation sites excluding steroid dienone is 2. The number of rotatable bonds is 6. The van der Waals surface area contributed by atoms with Crippen LogP contribution in [0.1, 0.15) is 44.1 Å². The van der Waals surface area contributed by atoms with Crippen LogP contribution in [0.3, 0.4) is 0 Å². The van der Waals surface area contributed by atoms with Gasteiger partial charge in [0.1, 0.15) is 0 Å². The predicted octanol–water partition coefficient (Wildman–Crippen LogP) is 3.80. The number of hydrogen-bond donors (Lipinski definition) is 2. The second-order valence-corrected chi connectivity index (χ2v) is 6.56. The zero-order chi connectivity index (χ0) is 21.1. The van der Waals surface area contributed by atoms with Gasteiger partial charge in [0, 0.05) is 12.0 Å². The van der Waals surface area contributed by atoms with Gasteiger partial charge < -0.3 is 15.0 Å². The Morgan fingerprint density at radius 2 is 1.75 bits per heavy atom. The quantitative estimate of drug-likeness (QED) is 0.445. The summed E-state index contributed by atoms with van der Waals surface area (Å²) in [5.41, 5.74) is -2.09. The summed E-state index contributed by atoms with van der Waals surface area (Å²) >= 11 is 0. The van der Waals surface area contributed by atoms with Crippen molar-refractivity contribution in [3.05, 3.63) is 79.1 Å². The summed E-state index contributed by atoms with van der Waals surface area (Å²) < 4.78 is 42.0. The maximum atomic E-state index is 13.6. The lowest BCUT2D eigenvalue weighted by atomic mass is 9.99. The van der Waals surface area contributed by atoms with E-state index in [2.05, 4.69) is 4.98 Å². The smallest absolute Gasteiger partial charge is 0.315 e.